The Morgan fingerprint density at radius 2 is 2.17 bits per heavy atom. The normalized spacial score (nSPS) is 11.8. The van der Waals surface area contributed by atoms with Gasteiger partial charge in [0.2, 0.25) is 0 Å². The van der Waals surface area contributed by atoms with Gasteiger partial charge in [0.1, 0.15) is 5.52 Å². The van der Waals surface area contributed by atoms with Crippen LogP contribution in [0.4, 0.5) is 18.9 Å². The largest absolute Gasteiger partial charge is 0.471 e. The van der Waals surface area contributed by atoms with E-state index in [0.29, 0.717) is 23.1 Å². The van der Waals surface area contributed by atoms with Gasteiger partial charge >= 0.3 is 12.1 Å². The highest BCUT2D eigenvalue weighted by Crippen LogP contribution is 2.27. The first-order valence-corrected chi connectivity index (χ1v) is 5.16. The zero-order valence-corrected chi connectivity index (χ0v) is 9.34. The number of halogens is 3. The molecule has 18 heavy (non-hydrogen) atoms. The van der Waals surface area contributed by atoms with Gasteiger partial charge in [0.05, 0.1) is 0 Å². The molecule has 1 heterocycles. The maximum absolute atomic E-state index is 12.2. The Balaban J connectivity index is 2.42. The van der Waals surface area contributed by atoms with Crippen LogP contribution in [-0.2, 0) is 11.2 Å². The average Bonchev–Trinajstić information content (AvgIpc) is 2.75. The van der Waals surface area contributed by atoms with Crippen LogP contribution in [0.2, 0.25) is 0 Å². The predicted octanol–water partition coefficient (Wildman–Crippen LogP) is 2.89. The van der Waals surface area contributed by atoms with E-state index >= 15 is 0 Å². The molecule has 0 aliphatic carbocycles. The van der Waals surface area contributed by atoms with Crippen LogP contribution in [-0.4, -0.2) is 17.1 Å². The molecule has 1 N–H and O–H groups in total. The fourth-order valence-electron chi connectivity index (χ4n) is 1.66. The highest BCUT2D eigenvalue weighted by Gasteiger charge is 2.39. The molecule has 0 unspecified atom stereocenters. The second kappa shape index (κ2) is 4.32. The summed E-state index contributed by atoms with van der Waals surface area (Å²) < 4.78 is 41.6. The molecule has 0 bridgehead atoms. The molecule has 0 aliphatic heterocycles. The van der Waals surface area contributed by atoms with Crippen molar-refractivity contribution in [2.75, 3.05) is 5.32 Å². The van der Waals surface area contributed by atoms with Gasteiger partial charge in [-0.25, -0.2) is 4.98 Å². The molecule has 0 saturated carbocycles. The highest BCUT2D eigenvalue weighted by molar-refractivity contribution is 5.97. The molecule has 96 valence electrons. The summed E-state index contributed by atoms with van der Waals surface area (Å²) in [7, 11) is 0. The first-order chi connectivity index (χ1) is 8.43. The topological polar surface area (TPSA) is 55.1 Å². The van der Waals surface area contributed by atoms with Crippen molar-refractivity contribution in [3.63, 3.8) is 0 Å². The highest BCUT2D eigenvalue weighted by atomic mass is 19.4. The number of nitrogens with one attached hydrogen (secondary N) is 1. The standard InChI is InChI=1S/C11H9F3N2O2/c1-2-6-7(16-10(17)11(12,13)14)3-4-8-9(6)15-5-18-8/h3-5H,2H2,1H3,(H,16,17). The number of anilines is 1. The van der Waals surface area contributed by atoms with Gasteiger partial charge < -0.3 is 9.73 Å². The van der Waals surface area contributed by atoms with E-state index in [2.05, 4.69) is 4.98 Å². The minimum Gasteiger partial charge on any atom is -0.443 e. The lowest BCUT2D eigenvalue weighted by Gasteiger charge is -2.11. The lowest BCUT2D eigenvalue weighted by atomic mass is 10.1. The monoisotopic (exact) mass is 258 g/mol. The number of alkyl halides is 3. The van der Waals surface area contributed by atoms with Crippen LogP contribution in [0.15, 0.2) is 22.9 Å². The molecule has 7 heteroatoms. The summed E-state index contributed by atoms with van der Waals surface area (Å²) in [4.78, 5) is 14.8. The molecule has 0 spiro atoms. The van der Waals surface area contributed by atoms with Crippen LogP contribution in [0.1, 0.15) is 12.5 Å². The van der Waals surface area contributed by atoms with Gasteiger partial charge in [-0.2, -0.15) is 13.2 Å². The number of carbonyl (C=O) groups excluding carboxylic acids is 1. The summed E-state index contributed by atoms with van der Waals surface area (Å²) >= 11 is 0. The van der Waals surface area contributed by atoms with E-state index in [4.69, 9.17) is 4.42 Å². The van der Waals surface area contributed by atoms with Crippen molar-refractivity contribution in [2.45, 2.75) is 19.5 Å². The summed E-state index contributed by atoms with van der Waals surface area (Å²) in [6, 6.07) is 2.84. The zero-order valence-electron chi connectivity index (χ0n) is 9.34. The van der Waals surface area contributed by atoms with E-state index in [1.165, 1.54) is 18.5 Å². The van der Waals surface area contributed by atoms with E-state index in [1.807, 2.05) is 5.32 Å². The summed E-state index contributed by atoms with van der Waals surface area (Å²) in [5.74, 6) is -2.00. The number of aryl methyl sites for hydroxylation is 1. The summed E-state index contributed by atoms with van der Waals surface area (Å²) in [6.45, 7) is 1.76. The van der Waals surface area contributed by atoms with Gasteiger partial charge in [-0.15, -0.1) is 0 Å². The van der Waals surface area contributed by atoms with Gasteiger partial charge in [-0.05, 0) is 18.6 Å². The zero-order chi connectivity index (χ0) is 13.3. The van der Waals surface area contributed by atoms with Crippen molar-refractivity contribution in [1.82, 2.24) is 4.98 Å². The number of hydrogen-bond donors (Lipinski definition) is 1. The van der Waals surface area contributed by atoms with Crippen LogP contribution in [0.3, 0.4) is 0 Å². The maximum Gasteiger partial charge on any atom is 0.471 e. The molecule has 2 aromatic rings. The van der Waals surface area contributed by atoms with Gasteiger partial charge in [-0.3, -0.25) is 4.79 Å². The number of hydrogen-bond acceptors (Lipinski definition) is 3. The van der Waals surface area contributed by atoms with Crippen molar-refractivity contribution in [1.29, 1.82) is 0 Å². The van der Waals surface area contributed by atoms with Crippen molar-refractivity contribution < 1.29 is 22.4 Å². The number of benzene rings is 1. The molecule has 1 aromatic carbocycles. The Labute approximate surface area is 99.8 Å². The smallest absolute Gasteiger partial charge is 0.443 e. The second-order valence-corrected chi connectivity index (χ2v) is 3.60. The second-order valence-electron chi connectivity index (χ2n) is 3.60. The molecule has 2 rings (SSSR count). The summed E-state index contributed by atoms with van der Waals surface area (Å²) in [5, 5.41) is 1.84. The van der Waals surface area contributed by atoms with E-state index in [0.717, 1.165) is 0 Å². The van der Waals surface area contributed by atoms with Crippen molar-refractivity contribution >= 4 is 22.7 Å². The molecule has 0 saturated heterocycles. The first kappa shape index (κ1) is 12.4. The predicted molar refractivity (Wildman–Crippen MR) is 58.1 cm³/mol. The van der Waals surface area contributed by atoms with Crippen LogP contribution >= 0.6 is 0 Å². The Morgan fingerprint density at radius 1 is 1.44 bits per heavy atom. The minimum absolute atomic E-state index is 0.0984. The van der Waals surface area contributed by atoms with Crippen molar-refractivity contribution in [3.05, 3.63) is 24.1 Å². The first-order valence-electron chi connectivity index (χ1n) is 5.16. The minimum atomic E-state index is -4.91. The third-order valence-corrected chi connectivity index (χ3v) is 2.47. The van der Waals surface area contributed by atoms with E-state index in [1.54, 1.807) is 6.92 Å². The Bertz CT molecular complexity index is 589. The van der Waals surface area contributed by atoms with Gasteiger partial charge in [0.15, 0.2) is 12.0 Å². The average molecular weight is 258 g/mol. The maximum atomic E-state index is 12.2. The lowest BCUT2D eigenvalue weighted by Crippen LogP contribution is -2.30. The third-order valence-electron chi connectivity index (χ3n) is 2.47. The number of amides is 1. The lowest BCUT2D eigenvalue weighted by molar-refractivity contribution is -0.167. The molecule has 0 atom stereocenters. The van der Waals surface area contributed by atoms with E-state index in [-0.39, 0.29) is 5.69 Å². The Kier molecular flexibility index (Phi) is 2.98. The van der Waals surface area contributed by atoms with Gasteiger partial charge in [0.25, 0.3) is 0 Å². The van der Waals surface area contributed by atoms with Crippen LogP contribution in [0.25, 0.3) is 11.1 Å². The van der Waals surface area contributed by atoms with Gasteiger partial charge in [0, 0.05) is 11.3 Å². The van der Waals surface area contributed by atoms with Crippen molar-refractivity contribution in [3.8, 4) is 0 Å². The van der Waals surface area contributed by atoms with Gasteiger partial charge in [-0.1, -0.05) is 6.92 Å². The number of oxazole rings is 1. The molecule has 0 aliphatic rings. The summed E-state index contributed by atoms with van der Waals surface area (Å²) in [5.41, 5.74) is 1.54. The van der Waals surface area contributed by atoms with Crippen molar-refractivity contribution in [2.24, 2.45) is 0 Å². The number of fused-ring (bicyclic) bond motifs is 1. The van der Waals surface area contributed by atoms with Crippen LogP contribution in [0, 0.1) is 0 Å². The van der Waals surface area contributed by atoms with Crippen LogP contribution in [0.5, 0.6) is 0 Å². The molecule has 1 amide bonds. The third kappa shape index (κ3) is 2.15. The molecular weight excluding hydrogens is 249 g/mol. The molecule has 0 radical (unpaired) electrons. The number of carbonyl (C=O) groups is 1. The molecule has 0 fully saturated rings. The number of rotatable bonds is 2. The number of nitrogens with zero attached hydrogens (tertiary/aromatic N) is 1. The Hall–Kier alpha value is -2.05. The molecular formula is C11H9F3N2O2. The fourth-order valence-corrected chi connectivity index (χ4v) is 1.66. The summed E-state index contributed by atoms with van der Waals surface area (Å²) in [6.07, 6.45) is -3.28. The Morgan fingerprint density at radius 3 is 2.78 bits per heavy atom. The van der Waals surface area contributed by atoms with E-state index in [9.17, 15) is 18.0 Å². The van der Waals surface area contributed by atoms with E-state index < -0.39 is 12.1 Å². The quantitative estimate of drug-likeness (QED) is 0.901. The number of aromatic nitrogens is 1. The van der Waals surface area contributed by atoms with Crippen LogP contribution < -0.4 is 5.32 Å². The molecule has 1 aromatic heterocycles. The SMILES string of the molecule is CCc1c(NC(=O)C(F)(F)F)ccc2ocnc12. The molecule has 4 nitrogen and oxygen atoms in total. The fraction of sp³-hybridized carbons (Fsp3) is 0.273.